The van der Waals surface area contributed by atoms with E-state index in [4.69, 9.17) is 4.74 Å². The molecule has 122 valence electrons. The monoisotopic (exact) mass is 312 g/mol. The number of carbonyl (C=O) groups is 1. The lowest BCUT2D eigenvalue weighted by Crippen LogP contribution is -2.37. The van der Waals surface area contributed by atoms with E-state index in [1.54, 1.807) is 7.11 Å². The number of ether oxygens (including phenoxy) is 1. The summed E-state index contributed by atoms with van der Waals surface area (Å²) in [5.74, 6) is 0.831. The second kappa shape index (κ2) is 8.22. The van der Waals surface area contributed by atoms with E-state index in [1.165, 1.54) is 0 Å². The van der Waals surface area contributed by atoms with Gasteiger partial charge in [0, 0.05) is 12.7 Å². The predicted octanol–water partition coefficient (Wildman–Crippen LogP) is 3.40. The molecule has 1 N–H and O–H groups in total. The molecule has 0 bridgehead atoms. The van der Waals surface area contributed by atoms with E-state index in [0.29, 0.717) is 6.54 Å². The fourth-order valence-electron chi connectivity index (χ4n) is 2.49. The number of benzene rings is 2. The van der Waals surface area contributed by atoms with Gasteiger partial charge in [-0.15, -0.1) is 0 Å². The molecule has 4 nitrogen and oxygen atoms in total. The zero-order valence-corrected chi connectivity index (χ0v) is 14.0. The molecule has 0 aliphatic heterocycles. The van der Waals surface area contributed by atoms with Crippen LogP contribution in [0.3, 0.4) is 0 Å². The molecule has 0 aliphatic rings. The minimum atomic E-state index is 0.0116. The van der Waals surface area contributed by atoms with Crippen molar-refractivity contribution in [3.05, 3.63) is 60.2 Å². The molecular formula is C19H24N2O2. The summed E-state index contributed by atoms with van der Waals surface area (Å²) in [5.41, 5.74) is 2.11. The molecule has 2 aromatic rings. The van der Waals surface area contributed by atoms with Crippen LogP contribution in [-0.4, -0.2) is 26.6 Å². The number of amides is 1. The highest BCUT2D eigenvalue weighted by atomic mass is 16.5. The molecular weight excluding hydrogens is 288 g/mol. The number of hydrogen-bond acceptors (Lipinski definition) is 3. The highest BCUT2D eigenvalue weighted by Crippen LogP contribution is 2.20. The Balaban J connectivity index is 1.96. The predicted molar refractivity (Wildman–Crippen MR) is 93.9 cm³/mol. The van der Waals surface area contributed by atoms with E-state index in [9.17, 15) is 4.79 Å². The van der Waals surface area contributed by atoms with Crippen molar-refractivity contribution in [2.75, 3.05) is 25.6 Å². The third kappa shape index (κ3) is 4.74. The van der Waals surface area contributed by atoms with Crippen LogP contribution in [-0.2, 0) is 4.79 Å². The SMILES string of the molecule is CCC(NC(=O)CN(C)c1ccccc1)c1ccc(OC)cc1. The van der Waals surface area contributed by atoms with E-state index in [-0.39, 0.29) is 11.9 Å². The van der Waals surface area contributed by atoms with Crippen molar-refractivity contribution in [2.45, 2.75) is 19.4 Å². The number of para-hydroxylation sites is 1. The van der Waals surface area contributed by atoms with Gasteiger partial charge in [0.05, 0.1) is 19.7 Å². The van der Waals surface area contributed by atoms with Crippen molar-refractivity contribution in [3.63, 3.8) is 0 Å². The molecule has 4 heteroatoms. The molecule has 0 radical (unpaired) electrons. The molecule has 0 aromatic heterocycles. The number of nitrogens with one attached hydrogen (secondary N) is 1. The molecule has 2 rings (SSSR count). The smallest absolute Gasteiger partial charge is 0.239 e. The molecule has 23 heavy (non-hydrogen) atoms. The van der Waals surface area contributed by atoms with Gasteiger partial charge in [-0.3, -0.25) is 4.79 Å². The van der Waals surface area contributed by atoms with Crippen LogP contribution in [0.5, 0.6) is 5.75 Å². The van der Waals surface area contributed by atoms with E-state index >= 15 is 0 Å². The molecule has 1 amide bonds. The molecule has 1 atom stereocenters. The summed E-state index contributed by atoms with van der Waals surface area (Å²) in [7, 11) is 3.57. The maximum absolute atomic E-state index is 12.3. The lowest BCUT2D eigenvalue weighted by molar-refractivity contribution is -0.120. The van der Waals surface area contributed by atoms with Gasteiger partial charge in [-0.1, -0.05) is 37.3 Å². The van der Waals surface area contributed by atoms with E-state index in [2.05, 4.69) is 12.2 Å². The van der Waals surface area contributed by atoms with Gasteiger partial charge in [0.1, 0.15) is 5.75 Å². The molecule has 0 fully saturated rings. The van der Waals surface area contributed by atoms with Crippen molar-refractivity contribution in [3.8, 4) is 5.75 Å². The molecule has 0 aliphatic carbocycles. The first-order chi connectivity index (χ1) is 11.1. The average molecular weight is 312 g/mol. The van der Waals surface area contributed by atoms with Gasteiger partial charge in [0.15, 0.2) is 0 Å². The first kappa shape index (κ1) is 16.9. The Morgan fingerprint density at radius 3 is 2.35 bits per heavy atom. The molecule has 1 unspecified atom stereocenters. The van der Waals surface area contributed by atoms with E-state index in [0.717, 1.165) is 23.4 Å². The molecule has 2 aromatic carbocycles. The number of nitrogens with zero attached hydrogens (tertiary/aromatic N) is 1. The number of rotatable bonds is 7. The Labute approximate surface area is 138 Å². The Kier molecular flexibility index (Phi) is 6.03. The van der Waals surface area contributed by atoms with Crippen LogP contribution in [0.15, 0.2) is 54.6 Å². The number of methoxy groups -OCH3 is 1. The molecule has 0 saturated carbocycles. The highest BCUT2D eigenvalue weighted by Gasteiger charge is 2.14. The maximum atomic E-state index is 12.3. The van der Waals surface area contributed by atoms with E-state index < -0.39 is 0 Å². The second-order valence-corrected chi connectivity index (χ2v) is 5.49. The van der Waals surface area contributed by atoms with Crippen LogP contribution >= 0.6 is 0 Å². The van der Waals surface area contributed by atoms with Gasteiger partial charge < -0.3 is 15.0 Å². The molecule has 0 saturated heterocycles. The summed E-state index contributed by atoms with van der Waals surface area (Å²) in [6.07, 6.45) is 0.840. The molecule has 0 spiro atoms. The van der Waals surface area contributed by atoms with Gasteiger partial charge in [-0.2, -0.15) is 0 Å². The summed E-state index contributed by atoms with van der Waals surface area (Å²) in [6, 6.07) is 17.7. The Hall–Kier alpha value is -2.49. The van der Waals surface area contributed by atoms with Crippen LogP contribution in [0.2, 0.25) is 0 Å². The Morgan fingerprint density at radius 1 is 1.13 bits per heavy atom. The Bertz CT molecular complexity index is 611. The van der Waals surface area contributed by atoms with Crippen LogP contribution in [0.4, 0.5) is 5.69 Å². The quantitative estimate of drug-likeness (QED) is 0.852. The highest BCUT2D eigenvalue weighted by molar-refractivity contribution is 5.81. The topological polar surface area (TPSA) is 41.6 Å². The van der Waals surface area contributed by atoms with Crippen LogP contribution in [0.25, 0.3) is 0 Å². The minimum absolute atomic E-state index is 0.0116. The summed E-state index contributed by atoms with van der Waals surface area (Å²) >= 11 is 0. The van der Waals surface area contributed by atoms with Gasteiger partial charge in [-0.05, 0) is 36.2 Å². The minimum Gasteiger partial charge on any atom is -0.497 e. The van der Waals surface area contributed by atoms with Crippen LogP contribution < -0.4 is 15.0 Å². The van der Waals surface area contributed by atoms with E-state index in [1.807, 2.05) is 66.5 Å². The standard InChI is InChI=1S/C19H24N2O2/c1-4-18(15-10-12-17(23-3)13-11-15)20-19(22)14-21(2)16-8-6-5-7-9-16/h5-13,18H,4,14H2,1-3H3,(H,20,22). The maximum Gasteiger partial charge on any atom is 0.239 e. The third-order valence-corrected chi connectivity index (χ3v) is 3.84. The number of hydrogen-bond donors (Lipinski definition) is 1. The van der Waals surface area contributed by atoms with Gasteiger partial charge in [0.2, 0.25) is 5.91 Å². The van der Waals surface area contributed by atoms with Crippen molar-refractivity contribution >= 4 is 11.6 Å². The summed E-state index contributed by atoms with van der Waals surface area (Å²) in [4.78, 5) is 14.3. The largest absolute Gasteiger partial charge is 0.497 e. The summed E-state index contributed by atoms with van der Waals surface area (Å²) < 4.78 is 5.17. The number of carbonyl (C=O) groups excluding carboxylic acids is 1. The number of likely N-dealkylation sites (N-methyl/N-ethyl adjacent to an activating group) is 1. The van der Waals surface area contributed by atoms with Crippen LogP contribution in [0, 0.1) is 0 Å². The fourth-order valence-corrected chi connectivity index (χ4v) is 2.49. The lowest BCUT2D eigenvalue weighted by atomic mass is 10.0. The van der Waals surface area contributed by atoms with Crippen LogP contribution in [0.1, 0.15) is 24.9 Å². The van der Waals surface area contributed by atoms with Crippen molar-refractivity contribution in [2.24, 2.45) is 0 Å². The molecule has 0 heterocycles. The second-order valence-electron chi connectivity index (χ2n) is 5.49. The zero-order valence-electron chi connectivity index (χ0n) is 14.0. The normalized spacial score (nSPS) is 11.6. The Morgan fingerprint density at radius 2 is 1.78 bits per heavy atom. The first-order valence-electron chi connectivity index (χ1n) is 7.83. The number of anilines is 1. The van der Waals surface area contributed by atoms with Gasteiger partial charge >= 0.3 is 0 Å². The third-order valence-electron chi connectivity index (χ3n) is 3.84. The summed E-state index contributed by atoms with van der Waals surface area (Å²) in [5, 5.41) is 3.10. The van der Waals surface area contributed by atoms with Gasteiger partial charge in [0.25, 0.3) is 0 Å². The van der Waals surface area contributed by atoms with Crippen molar-refractivity contribution < 1.29 is 9.53 Å². The van der Waals surface area contributed by atoms with Gasteiger partial charge in [-0.25, -0.2) is 0 Å². The summed E-state index contributed by atoms with van der Waals surface area (Å²) in [6.45, 7) is 2.40. The van der Waals surface area contributed by atoms with Crippen molar-refractivity contribution in [1.29, 1.82) is 0 Å². The average Bonchev–Trinajstić information content (AvgIpc) is 2.60. The lowest BCUT2D eigenvalue weighted by Gasteiger charge is -2.22. The van der Waals surface area contributed by atoms with Crippen molar-refractivity contribution in [1.82, 2.24) is 5.32 Å². The first-order valence-corrected chi connectivity index (χ1v) is 7.83. The zero-order chi connectivity index (χ0) is 16.7. The fraction of sp³-hybridized carbons (Fsp3) is 0.316.